The number of phenolic OH excluding ortho intramolecular Hbond substituents is 1. The van der Waals surface area contributed by atoms with Gasteiger partial charge in [0.1, 0.15) is 10.9 Å². The summed E-state index contributed by atoms with van der Waals surface area (Å²) >= 11 is 5.66. The van der Waals surface area contributed by atoms with Gasteiger partial charge in [0.25, 0.3) is 0 Å². The SMILES string of the molecule is O=C(O)c1cc(Cl)nc2cc(O)ccc12. The molecular weight excluding hydrogens is 218 g/mol. The van der Waals surface area contributed by atoms with E-state index in [1.165, 1.54) is 24.3 Å². The molecule has 0 bridgehead atoms. The van der Waals surface area contributed by atoms with Crippen LogP contribution in [0.2, 0.25) is 5.15 Å². The molecule has 0 radical (unpaired) electrons. The maximum atomic E-state index is 10.9. The highest BCUT2D eigenvalue weighted by Crippen LogP contribution is 2.24. The Morgan fingerprint density at radius 2 is 2.07 bits per heavy atom. The van der Waals surface area contributed by atoms with Crippen molar-refractivity contribution in [3.63, 3.8) is 0 Å². The molecular formula is C10H6ClNO3. The molecule has 1 aromatic heterocycles. The number of pyridine rings is 1. The van der Waals surface area contributed by atoms with Crippen molar-refractivity contribution in [3.05, 3.63) is 35.0 Å². The number of aromatic carboxylic acids is 1. The van der Waals surface area contributed by atoms with Crippen LogP contribution >= 0.6 is 11.6 Å². The Labute approximate surface area is 89.8 Å². The standard InChI is InChI=1S/C10H6ClNO3/c11-9-4-7(10(14)15)6-2-1-5(13)3-8(6)12-9/h1-4,13H,(H,14,15). The summed E-state index contributed by atoms with van der Waals surface area (Å²) in [6, 6.07) is 5.55. The fraction of sp³-hybridized carbons (Fsp3) is 0. The lowest BCUT2D eigenvalue weighted by atomic mass is 10.1. The molecule has 0 unspecified atom stereocenters. The van der Waals surface area contributed by atoms with E-state index in [4.69, 9.17) is 16.7 Å². The first-order chi connectivity index (χ1) is 7.08. The minimum Gasteiger partial charge on any atom is -0.508 e. The third-order valence-electron chi connectivity index (χ3n) is 1.99. The first-order valence-corrected chi connectivity index (χ1v) is 4.48. The van der Waals surface area contributed by atoms with Crippen LogP contribution in [-0.4, -0.2) is 21.2 Å². The van der Waals surface area contributed by atoms with Crippen LogP contribution in [0.4, 0.5) is 0 Å². The van der Waals surface area contributed by atoms with E-state index in [2.05, 4.69) is 4.98 Å². The van der Waals surface area contributed by atoms with Crippen LogP contribution < -0.4 is 0 Å². The molecule has 2 N–H and O–H groups in total. The molecule has 0 atom stereocenters. The van der Waals surface area contributed by atoms with E-state index in [1.807, 2.05) is 0 Å². The number of benzene rings is 1. The molecule has 2 rings (SSSR count). The maximum absolute atomic E-state index is 10.9. The number of hydrogen-bond acceptors (Lipinski definition) is 3. The molecule has 0 saturated carbocycles. The summed E-state index contributed by atoms with van der Waals surface area (Å²) in [7, 11) is 0. The molecule has 0 amide bonds. The van der Waals surface area contributed by atoms with Crippen molar-refractivity contribution in [1.82, 2.24) is 4.98 Å². The zero-order valence-corrected chi connectivity index (χ0v) is 8.19. The van der Waals surface area contributed by atoms with Gasteiger partial charge in [0.05, 0.1) is 11.1 Å². The highest BCUT2D eigenvalue weighted by molar-refractivity contribution is 6.30. The quantitative estimate of drug-likeness (QED) is 0.728. The van der Waals surface area contributed by atoms with E-state index in [0.717, 1.165) is 0 Å². The Balaban J connectivity index is 2.86. The molecule has 2 aromatic rings. The first-order valence-electron chi connectivity index (χ1n) is 4.10. The molecule has 1 heterocycles. The summed E-state index contributed by atoms with van der Waals surface area (Å²) < 4.78 is 0. The Morgan fingerprint density at radius 3 is 2.73 bits per heavy atom. The van der Waals surface area contributed by atoms with E-state index in [-0.39, 0.29) is 16.5 Å². The van der Waals surface area contributed by atoms with Crippen LogP contribution in [0.15, 0.2) is 24.3 Å². The minimum atomic E-state index is -1.07. The second kappa shape index (κ2) is 3.40. The number of rotatable bonds is 1. The molecule has 0 saturated heterocycles. The molecule has 76 valence electrons. The zero-order valence-electron chi connectivity index (χ0n) is 7.44. The lowest BCUT2D eigenvalue weighted by Crippen LogP contribution is -1.98. The van der Waals surface area contributed by atoms with E-state index >= 15 is 0 Å². The molecule has 15 heavy (non-hydrogen) atoms. The third kappa shape index (κ3) is 1.71. The molecule has 0 aliphatic rings. The Bertz CT molecular complexity index is 548. The lowest BCUT2D eigenvalue weighted by molar-refractivity contribution is 0.0699. The number of nitrogens with zero attached hydrogens (tertiary/aromatic N) is 1. The predicted molar refractivity (Wildman–Crippen MR) is 55.4 cm³/mol. The van der Waals surface area contributed by atoms with Gasteiger partial charge in [-0.25, -0.2) is 9.78 Å². The van der Waals surface area contributed by atoms with Crippen LogP contribution in [0, 0.1) is 0 Å². The third-order valence-corrected chi connectivity index (χ3v) is 2.19. The Hall–Kier alpha value is -1.81. The van der Waals surface area contributed by atoms with Crippen LogP contribution in [0.5, 0.6) is 5.75 Å². The van der Waals surface area contributed by atoms with Gasteiger partial charge in [-0.2, -0.15) is 0 Å². The first kappa shape index (κ1) is 9.73. The van der Waals surface area contributed by atoms with E-state index in [1.54, 1.807) is 0 Å². The van der Waals surface area contributed by atoms with Crippen LogP contribution in [0.3, 0.4) is 0 Å². The van der Waals surface area contributed by atoms with E-state index < -0.39 is 5.97 Å². The second-order valence-electron chi connectivity index (χ2n) is 3.00. The van der Waals surface area contributed by atoms with Crippen LogP contribution in [-0.2, 0) is 0 Å². The van der Waals surface area contributed by atoms with Gasteiger partial charge >= 0.3 is 5.97 Å². The minimum absolute atomic E-state index is 0.0219. The van der Waals surface area contributed by atoms with Crippen molar-refractivity contribution >= 4 is 28.5 Å². The highest BCUT2D eigenvalue weighted by Gasteiger charge is 2.11. The molecule has 0 fully saturated rings. The predicted octanol–water partition coefficient (Wildman–Crippen LogP) is 2.29. The lowest BCUT2D eigenvalue weighted by Gasteiger charge is -2.03. The molecule has 1 aromatic carbocycles. The van der Waals surface area contributed by atoms with Crippen LogP contribution in [0.25, 0.3) is 10.9 Å². The number of halogens is 1. The fourth-order valence-corrected chi connectivity index (χ4v) is 1.56. The van der Waals surface area contributed by atoms with Crippen molar-refractivity contribution in [2.75, 3.05) is 0 Å². The van der Waals surface area contributed by atoms with Crippen molar-refractivity contribution in [3.8, 4) is 5.75 Å². The second-order valence-corrected chi connectivity index (χ2v) is 3.39. The monoisotopic (exact) mass is 223 g/mol. The number of hydrogen-bond donors (Lipinski definition) is 2. The average Bonchev–Trinajstić information content (AvgIpc) is 2.15. The van der Waals surface area contributed by atoms with Gasteiger partial charge in [-0.3, -0.25) is 0 Å². The maximum Gasteiger partial charge on any atom is 0.336 e. The zero-order chi connectivity index (χ0) is 11.0. The number of carboxylic acids is 1. The largest absolute Gasteiger partial charge is 0.508 e. The van der Waals surface area contributed by atoms with Gasteiger partial charge in [0, 0.05) is 11.5 Å². The molecule has 0 spiro atoms. The van der Waals surface area contributed by atoms with Gasteiger partial charge in [0.2, 0.25) is 0 Å². The van der Waals surface area contributed by atoms with Gasteiger partial charge < -0.3 is 10.2 Å². The van der Waals surface area contributed by atoms with Crippen molar-refractivity contribution in [1.29, 1.82) is 0 Å². The summed E-state index contributed by atoms with van der Waals surface area (Å²) in [6.07, 6.45) is 0. The topological polar surface area (TPSA) is 70.4 Å². The molecule has 4 nitrogen and oxygen atoms in total. The normalized spacial score (nSPS) is 10.5. The average molecular weight is 224 g/mol. The number of aromatic nitrogens is 1. The van der Waals surface area contributed by atoms with Crippen molar-refractivity contribution in [2.24, 2.45) is 0 Å². The Morgan fingerprint density at radius 1 is 1.33 bits per heavy atom. The Kier molecular flexibility index (Phi) is 2.21. The molecule has 0 aliphatic carbocycles. The van der Waals surface area contributed by atoms with E-state index in [0.29, 0.717) is 10.9 Å². The number of carbonyl (C=O) groups is 1. The van der Waals surface area contributed by atoms with E-state index in [9.17, 15) is 9.90 Å². The molecule has 0 aliphatic heterocycles. The smallest absolute Gasteiger partial charge is 0.336 e. The van der Waals surface area contributed by atoms with Gasteiger partial charge in [-0.05, 0) is 18.2 Å². The summed E-state index contributed by atoms with van der Waals surface area (Å²) in [5.41, 5.74) is 0.435. The number of phenols is 1. The summed E-state index contributed by atoms with van der Waals surface area (Å²) in [5, 5.41) is 18.7. The van der Waals surface area contributed by atoms with Crippen molar-refractivity contribution < 1.29 is 15.0 Å². The van der Waals surface area contributed by atoms with Crippen LogP contribution in [0.1, 0.15) is 10.4 Å². The van der Waals surface area contributed by atoms with Crippen molar-refractivity contribution in [2.45, 2.75) is 0 Å². The summed E-state index contributed by atoms with van der Waals surface area (Å²) in [5.74, 6) is -1.05. The van der Waals surface area contributed by atoms with Gasteiger partial charge in [-0.15, -0.1) is 0 Å². The molecule has 5 heteroatoms. The summed E-state index contributed by atoms with van der Waals surface area (Å²) in [6.45, 7) is 0. The highest BCUT2D eigenvalue weighted by atomic mass is 35.5. The number of aromatic hydroxyl groups is 1. The van der Waals surface area contributed by atoms with Gasteiger partial charge in [0.15, 0.2) is 0 Å². The number of fused-ring (bicyclic) bond motifs is 1. The summed E-state index contributed by atoms with van der Waals surface area (Å²) in [4.78, 5) is 14.8. The number of carboxylic acid groups (broad SMARTS) is 1. The van der Waals surface area contributed by atoms with Gasteiger partial charge in [-0.1, -0.05) is 11.6 Å². The fourth-order valence-electron chi connectivity index (χ4n) is 1.36.